The summed E-state index contributed by atoms with van der Waals surface area (Å²) in [7, 11) is 0. The van der Waals surface area contributed by atoms with Gasteiger partial charge >= 0.3 is 0 Å². The van der Waals surface area contributed by atoms with Crippen molar-refractivity contribution in [3.05, 3.63) is 47.0 Å². The molecule has 2 aromatic carbocycles. The third kappa shape index (κ3) is 4.48. The van der Waals surface area contributed by atoms with Gasteiger partial charge < -0.3 is 15.2 Å². The number of phenolic OH excluding ortho intramolecular Hbond substituents is 1. The van der Waals surface area contributed by atoms with Crippen LogP contribution in [0.2, 0.25) is 5.02 Å². The van der Waals surface area contributed by atoms with E-state index in [1.54, 1.807) is 6.07 Å². The summed E-state index contributed by atoms with van der Waals surface area (Å²) in [5, 5.41) is 13.9. The Morgan fingerprint density at radius 1 is 1.31 bits per heavy atom. The quantitative estimate of drug-likeness (QED) is 0.841. The third-order valence-electron chi connectivity index (χ3n) is 4.38. The number of carbonyl (C=O) groups is 1. The molecule has 3 rings (SSSR count). The third-order valence-corrected chi connectivity index (χ3v) is 4.62. The number of fused-ring (bicyclic) bond motifs is 1. The summed E-state index contributed by atoms with van der Waals surface area (Å²) >= 11 is 6.09. The van der Waals surface area contributed by atoms with Crippen molar-refractivity contribution >= 4 is 17.5 Å². The van der Waals surface area contributed by atoms with Crippen LogP contribution in [0.15, 0.2) is 36.4 Å². The van der Waals surface area contributed by atoms with Crippen LogP contribution in [0.3, 0.4) is 0 Å². The van der Waals surface area contributed by atoms with E-state index in [4.69, 9.17) is 16.3 Å². The number of aromatic hydroxyl groups is 1. The molecule has 2 aromatic rings. The molecule has 138 valence electrons. The minimum Gasteiger partial charge on any atom is -0.504 e. The van der Waals surface area contributed by atoms with E-state index in [0.29, 0.717) is 50.0 Å². The normalized spacial score (nSPS) is 14.2. The van der Waals surface area contributed by atoms with E-state index in [0.717, 1.165) is 16.7 Å². The van der Waals surface area contributed by atoms with Crippen LogP contribution in [0.4, 0.5) is 0 Å². The van der Waals surface area contributed by atoms with Gasteiger partial charge in [0.1, 0.15) is 6.61 Å². The lowest BCUT2D eigenvalue weighted by molar-refractivity contribution is -0.121. The molecule has 1 heterocycles. The van der Waals surface area contributed by atoms with Crippen molar-refractivity contribution in [3.8, 4) is 22.6 Å². The Morgan fingerprint density at radius 3 is 2.92 bits per heavy atom. The van der Waals surface area contributed by atoms with Crippen LogP contribution in [0, 0.1) is 0 Å². The van der Waals surface area contributed by atoms with Crippen molar-refractivity contribution in [2.24, 2.45) is 0 Å². The average Bonchev–Trinajstić information content (AvgIpc) is 2.82. The van der Waals surface area contributed by atoms with Crippen LogP contribution >= 0.6 is 11.6 Å². The Hall–Kier alpha value is -2.24. The minimum absolute atomic E-state index is 0.0495. The number of nitrogens with zero attached hydrogens (tertiary/aromatic N) is 1. The Labute approximate surface area is 158 Å². The second kappa shape index (κ2) is 8.43. The summed E-state index contributed by atoms with van der Waals surface area (Å²) in [5.74, 6) is 0.702. The fourth-order valence-corrected chi connectivity index (χ4v) is 3.31. The summed E-state index contributed by atoms with van der Waals surface area (Å²) in [6, 6.07) is 11.3. The van der Waals surface area contributed by atoms with E-state index in [2.05, 4.69) is 10.2 Å². The molecule has 2 N–H and O–H groups in total. The zero-order valence-corrected chi connectivity index (χ0v) is 15.6. The fraction of sp³-hybridized carbons (Fsp3) is 0.350. The molecule has 0 aromatic heterocycles. The zero-order valence-electron chi connectivity index (χ0n) is 14.8. The van der Waals surface area contributed by atoms with Crippen LogP contribution in [0.5, 0.6) is 11.5 Å². The Morgan fingerprint density at radius 2 is 2.15 bits per heavy atom. The maximum atomic E-state index is 11.7. The van der Waals surface area contributed by atoms with Crippen LogP contribution in [-0.2, 0) is 11.3 Å². The monoisotopic (exact) mass is 374 g/mol. The molecule has 1 aliphatic heterocycles. The first-order valence-electron chi connectivity index (χ1n) is 8.80. The van der Waals surface area contributed by atoms with Crippen LogP contribution in [-0.4, -0.2) is 42.2 Å². The largest absolute Gasteiger partial charge is 0.504 e. The standard InChI is InChI=1S/C20H23ClN2O3/c1-2-22-19(25)6-7-23-8-9-26-20-16(13-23)10-15(12-18(20)24)14-4-3-5-17(21)11-14/h3-5,10-12,24H,2,6-9,13H2,1H3,(H,22,25). The molecule has 0 atom stereocenters. The first kappa shape index (κ1) is 18.5. The number of hydrogen-bond donors (Lipinski definition) is 2. The van der Waals surface area contributed by atoms with Gasteiger partial charge in [0.15, 0.2) is 11.5 Å². The van der Waals surface area contributed by atoms with Gasteiger partial charge in [0.2, 0.25) is 5.91 Å². The molecule has 1 aliphatic rings. The predicted octanol–water partition coefficient (Wildman–Crippen LogP) is 3.43. The van der Waals surface area contributed by atoms with Gasteiger partial charge in [-0.2, -0.15) is 0 Å². The first-order chi connectivity index (χ1) is 12.6. The van der Waals surface area contributed by atoms with E-state index < -0.39 is 0 Å². The smallest absolute Gasteiger partial charge is 0.221 e. The summed E-state index contributed by atoms with van der Waals surface area (Å²) < 4.78 is 5.76. The molecule has 1 amide bonds. The van der Waals surface area contributed by atoms with Crippen molar-refractivity contribution in [3.63, 3.8) is 0 Å². The van der Waals surface area contributed by atoms with Gasteiger partial charge in [-0.3, -0.25) is 9.69 Å². The maximum Gasteiger partial charge on any atom is 0.221 e. The van der Waals surface area contributed by atoms with Crippen molar-refractivity contribution in [2.75, 3.05) is 26.2 Å². The van der Waals surface area contributed by atoms with Crippen LogP contribution < -0.4 is 10.1 Å². The Bertz CT molecular complexity index is 795. The van der Waals surface area contributed by atoms with E-state index in [1.165, 1.54) is 0 Å². The molecule has 0 bridgehead atoms. The van der Waals surface area contributed by atoms with Crippen molar-refractivity contribution in [1.82, 2.24) is 10.2 Å². The number of halogens is 1. The molecular formula is C20H23ClN2O3. The number of phenols is 1. The summed E-state index contributed by atoms with van der Waals surface area (Å²) in [5.41, 5.74) is 2.74. The molecule has 0 aliphatic carbocycles. The molecule has 0 saturated heterocycles. The lowest BCUT2D eigenvalue weighted by Crippen LogP contribution is -2.31. The summed E-state index contributed by atoms with van der Waals surface area (Å²) in [6.07, 6.45) is 0.448. The number of amides is 1. The molecule has 0 spiro atoms. The number of nitrogens with one attached hydrogen (secondary N) is 1. The van der Waals surface area contributed by atoms with Gasteiger partial charge in [0, 0.05) is 43.2 Å². The van der Waals surface area contributed by atoms with Gasteiger partial charge in [-0.15, -0.1) is 0 Å². The second-order valence-electron chi connectivity index (χ2n) is 6.32. The molecular weight excluding hydrogens is 352 g/mol. The lowest BCUT2D eigenvalue weighted by Gasteiger charge is -2.19. The van der Waals surface area contributed by atoms with Crippen molar-refractivity contribution in [1.29, 1.82) is 0 Å². The highest BCUT2D eigenvalue weighted by Crippen LogP contribution is 2.38. The van der Waals surface area contributed by atoms with E-state index >= 15 is 0 Å². The second-order valence-corrected chi connectivity index (χ2v) is 6.76. The lowest BCUT2D eigenvalue weighted by atomic mass is 10.0. The number of rotatable bonds is 5. The Kier molecular flexibility index (Phi) is 6.01. The molecule has 0 saturated carbocycles. The van der Waals surface area contributed by atoms with E-state index in [1.807, 2.05) is 37.3 Å². The molecule has 26 heavy (non-hydrogen) atoms. The highest BCUT2D eigenvalue weighted by molar-refractivity contribution is 6.30. The van der Waals surface area contributed by atoms with Crippen LogP contribution in [0.25, 0.3) is 11.1 Å². The van der Waals surface area contributed by atoms with E-state index in [9.17, 15) is 9.90 Å². The highest BCUT2D eigenvalue weighted by Gasteiger charge is 2.20. The van der Waals surface area contributed by atoms with Crippen molar-refractivity contribution in [2.45, 2.75) is 19.9 Å². The van der Waals surface area contributed by atoms with E-state index in [-0.39, 0.29) is 11.7 Å². The van der Waals surface area contributed by atoms with Gasteiger partial charge in [-0.25, -0.2) is 0 Å². The summed E-state index contributed by atoms with van der Waals surface area (Å²) in [6.45, 7) is 5.01. The predicted molar refractivity (Wildman–Crippen MR) is 103 cm³/mol. The SMILES string of the molecule is CCNC(=O)CCN1CCOc2c(O)cc(-c3cccc(Cl)c3)cc2C1. The van der Waals surface area contributed by atoms with Gasteiger partial charge in [0.25, 0.3) is 0 Å². The van der Waals surface area contributed by atoms with Gasteiger partial charge in [0.05, 0.1) is 0 Å². The topological polar surface area (TPSA) is 61.8 Å². The van der Waals surface area contributed by atoms with Gasteiger partial charge in [-0.1, -0.05) is 23.7 Å². The maximum absolute atomic E-state index is 11.7. The zero-order chi connectivity index (χ0) is 18.5. The molecule has 0 fully saturated rings. The number of carbonyl (C=O) groups excluding carboxylic acids is 1. The molecule has 5 nitrogen and oxygen atoms in total. The number of benzene rings is 2. The van der Waals surface area contributed by atoms with Crippen molar-refractivity contribution < 1.29 is 14.6 Å². The first-order valence-corrected chi connectivity index (χ1v) is 9.18. The molecule has 6 heteroatoms. The number of hydrogen-bond acceptors (Lipinski definition) is 4. The average molecular weight is 375 g/mol. The van der Waals surface area contributed by atoms with Gasteiger partial charge in [-0.05, 0) is 42.3 Å². The fourth-order valence-electron chi connectivity index (χ4n) is 3.12. The Balaban J connectivity index is 1.82. The molecule has 0 radical (unpaired) electrons. The summed E-state index contributed by atoms with van der Waals surface area (Å²) in [4.78, 5) is 13.9. The highest BCUT2D eigenvalue weighted by atomic mass is 35.5. The molecule has 0 unspecified atom stereocenters. The number of ether oxygens (including phenoxy) is 1. The van der Waals surface area contributed by atoms with Crippen LogP contribution in [0.1, 0.15) is 18.9 Å². The minimum atomic E-state index is 0.0495.